The van der Waals surface area contributed by atoms with Gasteiger partial charge in [-0.1, -0.05) is 0 Å². The lowest BCUT2D eigenvalue weighted by atomic mass is 10.1. The van der Waals surface area contributed by atoms with E-state index in [-0.39, 0.29) is 24.4 Å². The topological polar surface area (TPSA) is 48.0 Å². The van der Waals surface area contributed by atoms with E-state index < -0.39 is 17.2 Å². The van der Waals surface area contributed by atoms with Gasteiger partial charge in [-0.05, 0) is 26.0 Å². The van der Waals surface area contributed by atoms with E-state index in [4.69, 9.17) is 14.2 Å². The molecular weight excluding hydrogens is 308 g/mol. The average Bonchev–Trinajstić information content (AvgIpc) is 2.44. The van der Waals surface area contributed by atoms with Crippen molar-refractivity contribution in [2.24, 2.45) is 0 Å². The molecule has 128 valence electrons. The maximum Gasteiger partial charge on any atom is 0.260 e. The van der Waals surface area contributed by atoms with Gasteiger partial charge < -0.3 is 19.1 Å². The molecule has 0 radical (unpaired) electrons. The molecule has 1 saturated heterocycles. The summed E-state index contributed by atoms with van der Waals surface area (Å²) < 4.78 is 42.4. The first-order valence-electron chi connectivity index (χ1n) is 7.33. The van der Waals surface area contributed by atoms with Crippen molar-refractivity contribution in [3.63, 3.8) is 0 Å². The Balaban J connectivity index is 1.96. The minimum absolute atomic E-state index is 0.152. The molecule has 0 unspecified atom stereocenters. The summed E-state index contributed by atoms with van der Waals surface area (Å²) in [4.78, 5) is 13.9. The third-order valence-electron chi connectivity index (χ3n) is 3.43. The number of amides is 1. The van der Waals surface area contributed by atoms with E-state index in [2.05, 4.69) is 0 Å². The van der Waals surface area contributed by atoms with Crippen molar-refractivity contribution >= 4 is 5.91 Å². The van der Waals surface area contributed by atoms with Crippen molar-refractivity contribution in [1.29, 1.82) is 0 Å². The summed E-state index contributed by atoms with van der Waals surface area (Å²) in [6.07, 6.45) is -0.227. The Morgan fingerprint density at radius 2 is 2.17 bits per heavy atom. The van der Waals surface area contributed by atoms with Crippen LogP contribution in [-0.4, -0.2) is 55.9 Å². The second-order valence-electron chi connectivity index (χ2n) is 6.09. The minimum atomic E-state index is -0.836. The molecule has 1 fully saturated rings. The van der Waals surface area contributed by atoms with Crippen molar-refractivity contribution in [2.75, 3.05) is 33.4 Å². The normalized spacial score (nSPS) is 20.4. The molecule has 5 nitrogen and oxygen atoms in total. The van der Waals surface area contributed by atoms with E-state index >= 15 is 0 Å². The Morgan fingerprint density at radius 3 is 2.83 bits per heavy atom. The predicted octanol–water partition coefficient (Wildman–Crippen LogP) is 2.00. The average molecular weight is 329 g/mol. The Labute approximate surface area is 134 Å². The summed E-state index contributed by atoms with van der Waals surface area (Å²) in [5.41, 5.74) is -0.502. The van der Waals surface area contributed by atoms with E-state index in [9.17, 15) is 13.6 Å². The van der Waals surface area contributed by atoms with Gasteiger partial charge in [-0.25, -0.2) is 8.78 Å². The van der Waals surface area contributed by atoms with Gasteiger partial charge in [-0.3, -0.25) is 4.79 Å². The van der Waals surface area contributed by atoms with Gasteiger partial charge in [-0.2, -0.15) is 0 Å². The lowest BCUT2D eigenvalue weighted by Gasteiger charge is -2.42. The third-order valence-corrected chi connectivity index (χ3v) is 3.43. The standard InChI is InChI=1S/C16H21F2NO4/c1-16(2)10-19(7-12(23-16)8-21-3)15(20)9-22-14-5-4-11(17)6-13(14)18/h4-6,12H,7-10H2,1-3H3/t12-/m0/s1. The molecule has 1 aliphatic heterocycles. The first-order chi connectivity index (χ1) is 10.8. The summed E-state index contributed by atoms with van der Waals surface area (Å²) in [7, 11) is 1.57. The lowest BCUT2D eigenvalue weighted by molar-refractivity contribution is -0.170. The molecule has 2 rings (SSSR count). The van der Waals surface area contributed by atoms with Gasteiger partial charge in [0.15, 0.2) is 18.2 Å². The van der Waals surface area contributed by atoms with Crippen LogP contribution in [-0.2, 0) is 14.3 Å². The second kappa shape index (κ2) is 7.23. The van der Waals surface area contributed by atoms with Crippen LogP contribution in [0.5, 0.6) is 5.75 Å². The Hall–Kier alpha value is -1.73. The van der Waals surface area contributed by atoms with E-state index in [0.717, 1.165) is 12.1 Å². The van der Waals surface area contributed by atoms with Crippen LogP contribution in [0.4, 0.5) is 8.78 Å². The fourth-order valence-corrected chi connectivity index (χ4v) is 2.58. The van der Waals surface area contributed by atoms with Crippen molar-refractivity contribution in [2.45, 2.75) is 25.6 Å². The van der Waals surface area contributed by atoms with E-state index in [0.29, 0.717) is 25.8 Å². The summed E-state index contributed by atoms with van der Waals surface area (Å²) in [6, 6.07) is 2.95. The highest BCUT2D eigenvalue weighted by molar-refractivity contribution is 5.78. The zero-order valence-corrected chi connectivity index (χ0v) is 13.5. The number of hydrogen-bond donors (Lipinski definition) is 0. The van der Waals surface area contributed by atoms with Gasteiger partial charge in [0.25, 0.3) is 5.91 Å². The molecule has 0 aromatic heterocycles. The SMILES string of the molecule is COC[C@@H]1CN(C(=O)COc2ccc(F)cc2F)CC(C)(C)O1. The van der Waals surface area contributed by atoms with Gasteiger partial charge in [0.2, 0.25) is 0 Å². The molecule has 0 N–H and O–H groups in total. The fraction of sp³-hybridized carbons (Fsp3) is 0.562. The van der Waals surface area contributed by atoms with Crippen LogP contribution in [0.2, 0.25) is 0 Å². The molecule has 1 aliphatic rings. The first-order valence-corrected chi connectivity index (χ1v) is 7.33. The van der Waals surface area contributed by atoms with E-state index in [1.165, 1.54) is 0 Å². The van der Waals surface area contributed by atoms with Crippen LogP contribution >= 0.6 is 0 Å². The van der Waals surface area contributed by atoms with Gasteiger partial charge >= 0.3 is 0 Å². The summed E-state index contributed by atoms with van der Waals surface area (Å²) in [6.45, 7) is 4.61. The smallest absolute Gasteiger partial charge is 0.260 e. The van der Waals surface area contributed by atoms with Crippen molar-refractivity contribution in [1.82, 2.24) is 4.90 Å². The van der Waals surface area contributed by atoms with Crippen LogP contribution in [0.25, 0.3) is 0 Å². The third kappa shape index (κ3) is 4.87. The van der Waals surface area contributed by atoms with E-state index in [1.54, 1.807) is 12.0 Å². The molecule has 1 aromatic rings. The molecular formula is C16H21F2NO4. The highest BCUT2D eigenvalue weighted by atomic mass is 19.1. The monoisotopic (exact) mass is 329 g/mol. The number of nitrogens with zero attached hydrogens (tertiary/aromatic N) is 1. The lowest BCUT2D eigenvalue weighted by Crippen LogP contribution is -2.56. The van der Waals surface area contributed by atoms with Crippen LogP contribution in [0.1, 0.15) is 13.8 Å². The maximum atomic E-state index is 13.5. The molecule has 0 aliphatic carbocycles. The maximum absolute atomic E-state index is 13.5. The Kier molecular flexibility index (Phi) is 5.54. The number of halogens is 2. The predicted molar refractivity (Wildman–Crippen MR) is 79.3 cm³/mol. The number of carbonyl (C=O) groups excluding carboxylic acids is 1. The molecule has 0 saturated carbocycles. The number of carbonyl (C=O) groups is 1. The van der Waals surface area contributed by atoms with Gasteiger partial charge in [0, 0.05) is 26.3 Å². The molecule has 0 spiro atoms. The largest absolute Gasteiger partial charge is 0.481 e. The zero-order valence-electron chi connectivity index (χ0n) is 13.5. The number of ether oxygens (including phenoxy) is 3. The number of rotatable bonds is 5. The Bertz CT molecular complexity index is 565. The van der Waals surface area contributed by atoms with Crippen LogP contribution in [0, 0.1) is 11.6 Å². The molecule has 1 heterocycles. The molecule has 23 heavy (non-hydrogen) atoms. The highest BCUT2D eigenvalue weighted by Gasteiger charge is 2.35. The molecule has 7 heteroatoms. The summed E-state index contributed by atoms with van der Waals surface area (Å²) >= 11 is 0. The van der Waals surface area contributed by atoms with Crippen LogP contribution < -0.4 is 4.74 Å². The number of hydrogen-bond acceptors (Lipinski definition) is 4. The molecule has 1 amide bonds. The highest BCUT2D eigenvalue weighted by Crippen LogP contribution is 2.22. The van der Waals surface area contributed by atoms with Gasteiger partial charge in [0.1, 0.15) is 5.82 Å². The second-order valence-corrected chi connectivity index (χ2v) is 6.09. The van der Waals surface area contributed by atoms with E-state index in [1.807, 2.05) is 13.8 Å². The van der Waals surface area contributed by atoms with Crippen molar-refractivity contribution in [3.05, 3.63) is 29.8 Å². The van der Waals surface area contributed by atoms with Crippen molar-refractivity contribution in [3.8, 4) is 5.75 Å². The molecule has 1 aromatic carbocycles. The zero-order chi connectivity index (χ0) is 17.0. The van der Waals surface area contributed by atoms with Gasteiger partial charge in [0.05, 0.1) is 18.3 Å². The van der Waals surface area contributed by atoms with Crippen LogP contribution in [0.15, 0.2) is 18.2 Å². The quantitative estimate of drug-likeness (QED) is 0.829. The van der Waals surface area contributed by atoms with Gasteiger partial charge in [-0.15, -0.1) is 0 Å². The number of benzene rings is 1. The summed E-state index contributed by atoms with van der Waals surface area (Å²) in [5.74, 6) is -1.97. The van der Waals surface area contributed by atoms with Crippen molar-refractivity contribution < 1.29 is 27.8 Å². The fourth-order valence-electron chi connectivity index (χ4n) is 2.58. The Morgan fingerprint density at radius 1 is 1.43 bits per heavy atom. The molecule has 0 bridgehead atoms. The first kappa shape index (κ1) is 17.6. The minimum Gasteiger partial charge on any atom is -0.481 e. The molecule has 1 atom stereocenters. The summed E-state index contributed by atoms with van der Waals surface area (Å²) in [5, 5.41) is 0. The van der Waals surface area contributed by atoms with Crippen LogP contribution in [0.3, 0.4) is 0 Å². The number of morpholine rings is 1. The number of methoxy groups -OCH3 is 1.